The summed E-state index contributed by atoms with van der Waals surface area (Å²) in [6.45, 7) is 4.35. The Balaban J connectivity index is 1.42. The summed E-state index contributed by atoms with van der Waals surface area (Å²) in [4.78, 5) is 39.1. The first-order valence-electron chi connectivity index (χ1n) is 11.9. The van der Waals surface area contributed by atoms with Crippen LogP contribution in [0.15, 0.2) is 54.6 Å². The second kappa shape index (κ2) is 10.1. The largest absolute Gasteiger partial charge is 0.467 e. The number of unbranched alkanes of at least 4 members (excludes halogenated alkanes) is 1. The molecule has 2 aliphatic rings. The number of allylic oxidation sites excluding steroid dienone is 2. The molecule has 0 aromatic heterocycles. The fourth-order valence-corrected chi connectivity index (χ4v) is 4.35. The molecule has 8 nitrogen and oxygen atoms in total. The minimum atomic E-state index is -0.871. The van der Waals surface area contributed by atoms with E-state index < -0.39 is 5.72 Å². The van der Waals surface area contributed by atoms with Gasteiger partial charge in [0.15, 0.2) is 5.72 Å². The van der Waals surface area contributed by atoms with Crippen LogP contribution in [0.3, 0.4) is 0 Å². The number of hydrogen-bond donors (Lipinski definition) is 3. The van der Waals surface area contributed by atoms with E-state index in [9.17, 15) is 14.4 Å². The summed E-state index contributed by atoms with van der Waals surface area (Å²) >= 11 is 0. The third-order valence-electron chi connectivity index (χ3n) is 6.21. The number of fused-ring (bicyclic) bond motifs is 1. The molecular weight excluding hydrogens is 444 g/mol. The summed E-state index contributed by atoms with van der Waals surface area (Å²) in [5, 5.41) is 13.9. The lowest BCUT2D eigenvalue weighted by Crippen LogP contribution is -2.61. The van der Waals surface area contributed by atoms with Gasteiger partial charge < -0.3 is 25.7 Å². The Kier molecular flexibility index (Phi) is 7.00. The van der Waals surface area contributed by atoms with Crippen molar-refractivity contribution in [3.05, 3.63) is 71.3 Å². The van der Waals surface area contributed by atoms with Crippen LogP contribution in [-0.2, 0) is 4.79 Å². The summed E-state index contributed by atoms with van der Waals surface area (Å²) < 4.78 is 6.20. The second-order valence-electron chi connectivity index (χ2n) is 8.92. The number of anilines is 1. The first-order valence-corrected chi connectivity index (χ1v) is 11.9. The molecule has 8 heteroatoms. The van der Waals surface area contributed by atoms with E-state index in [0.717, 1.165) is 12.8 Å². The Bertz CT molecular complexity index is 1200. The molecule has 4 rings (SSSR count). The number of nitrogens with zero attached hydrogens (tertiary/aromatic N) is 1. The lowest BCUT2D eigenvalue weighted by molar-refractivity contribution is -0.114. The smallest absolute Gasteiger partial charge is 0.258 e. The third kappa shape index (κ3) is 5.42. The van der Waals surface area contributed by atoms with Gasteiger partial charge in [0, 0.05) is 49.7 Å². The Labute approximate surface area is 204 Å². The van der Waals surface area contributed by atoms with E-state index in [0.29, 0.717) is 59.8 Å². The maximum Gasteiger partial charge on any atom is 0.258 e. The first-order chi connectivity index (χ1) is 16.8. The summed E-state index contributed by atoms with van der Waals surface area (Å²) in [7, 11) is 0. The van der Waals surface area contributed by atoms with Gasteiger partial charge in [-0.05, 0) is 42.8 Å². The van der Waals surface area contributed by atoms with Crippen LogP contribution in [0.5, 0.6) is 5.75 Å². The van der Waals surface area contributed by atoms with Gasteiger partial charge in [0.25, 0.3) is 11.8 Å². The van der Waals surface area contributed by atoms with Crippen LogP contribution in [0.25, 0.3) is 0 Å². The molecule has 0 radical (unpaired) electrons. The molecule has 35 heavy (non-hydrogen) atoms. The van der Waals surface area contributed by atoms with E-state index in [4.69, 9.17) is 10.1 Å². The number of piperidine rings is 1. The average molecular weight is 475 g/mol. The fraction of sp³-hybridized carbons (Fsp3) is 0.333. The van der Waals surface area contributed by atoms with Gasteiger partial charge in [-0.1, -0.05) is 31.6 Å². The zero-order valence-electron chi connectivity index (χ0n) is 20.0. The number of nitrogens with one attached hydrogen (secondary N) is 3. The van der Waals surface area contributed by atoms with E-state index in [1.807, 2.05) is 12.1 Å². The minimum absolute atomic E-state index is 0.102. The molecule has 1 spiro atoms. The van der Waals surface area contributed by atoms with Crippen LogP contribution in [0.2, 0.25) is 0 Å². The number of amides is 3. The van der Waals surface area contributed by atoms with E-state index in [1.165, 1.54) is 6.92 Å². The molecule has 2 aromatic rings. The van der Waals surface area contributed by atoms with Crippen LogP contribution >= 0.6 is 0 Å². The molecule has 0 aliphatic carbocycles. The number of likely N-dealkylation sites (tertiary alicyclic amines) is 1. The molecular formula is C27H30N4O4. The van der Waals surface area contributed by atoms with Crippen molar-refractivity contribution in [1.82, 2.24) is 10.2 Å². The van der Waals surface area contributed by atoms with Gasteiger partial charge in [-0.2, -0.15) is 0 Å². The maximum absolute atomic E-state index is 13.2. The van der Waals surface area contributed by atoms with Crippen molar-refractivity contribution in [3.63, 3.8) is 0 Å². The Morgan fingerprint density at radius 3 is 2.63 bits per heavy atom. The van der Waals surface area contributed by atoms with E-state index >= 15 is 0 Å². The lowest BCUT2D eigenvalue weighted by atomic mass is 9.96. The van der Waals surface area contributed by atoms with E-state index in [2.05, 4.69) is 17.6 Å². The summed E-state index contributed by atoms with van der Waals surface area (Å²) in [5.74, 6) is -0.119. The molecule has 1 fully saturated rings. The van der Waals surface area contributed by atoms with Gasteiger partial charge in [-0.25, -0.2) is 0 Å². The molecule has 2 aromatic carbocycles. The first kappa shape index (κ1) is 24.2. The highest BCUT2D eigenvalue weighted by Crippen LogP contribution is 2.35. The average Bonchev–Trinajstić information content (AvgIpc) is 2.84. The summed E-state index contributed by atoms with van der Waals surface area (Å²) in [6, 6.07) is 12.1. The number of rotatable bonds is 6. The normalized spacial score (nSPS) is 16.4. The standard InChI is InChI=1S/C27H30N4O4/c1-3-4-5-9-23(28)19-7-6-8-20(16-19)26(34)31-14-12-27(13-15-31)30-25(33)22-17-21(29-18(2)32)10-11-24(22)35-27/h5-11,16-17,28H,3-4,12-15H2,1-2H3,(H,29,32)(H,30,33). The predicted molar refractivity (Wildman–Crippen MR) is 134 cm³/mol. The van der Waals surface area contributed by atoms with Crippen molar-refractivity contribution in [2.45, 2.75) is 45.3 Å². The van der Waals surface area contributed by atoms with Gasteiger partial charge in [-0.15, -0.1) is 0 Å². The highest BCUT2D eigenvalue weighted by Gasteiger charge is 2.43. The van der Waals surface area contributed by atoms with Crippen LogP contribution in [0.1, 0.15) is 65.8 Å². The van der Waals surface area contributed by atoms with Crippen LogP contribution in [0.4, 0.5) is 5.69 Å². The second-order valence-corrected chi connectivity index (χ2v) is 8.92. The number of benzene rings is 2. The molecule has 0 saturated carbocycles. The van der Waals surface area contributed by atoms with E-state index in [1.54, 1.807) is 47.4 Å². The summed E-state index contributed by atoms with van der Waals surface area (Å²) in [5.41, 5.74) is 1.65. The third-order valence-corrected chi connectivity index (χ3v) is 6.21. The van der Waals surface area contributed by atoms with Crippen molar-refractivity contribution >= 4 is 29.1 Å². The Morgan fingerprint density at radius 1 is 1.17 bits per heavy atom. The van der Waals surface area contributed by atoms with Crippen molar-refractivity contribution < 1.29 is 19.1 Å². The monoisotopic (exact) mass is 474 g/mol. The highest BCUT2D eigenvalue weighted by molar-refractivity contribution is 6.08. The van der Waals surface area contributed by atoms with Crippen molar-refractivity contribution in [2.75, 3.05) is 18.4 Å². The van der Waals surface area contributed by atoms with E-state index in [-0.39, 0.29) is 17.7 Å². The molecule has 3 amide bonds. The van der Waals surface area contributed by atoms with Gasteiger partial charge in [-0.3, -0.25) is 14.4 Å². The Hall–Kier alpha value is -3.94. The Morgan fingerprint density at radius 2 is 1.91 bits per heavy atom. The van der Waals surface area contributed by atoms with Crippen LogP contribution in [0, 0.1) is 5.41 Å². The zero-order valence-corrected chi connectivity index (χ0v) is 20.0. The van der Waals surface area contributed by atoms with Gasteiger partial charge in [0.1, 0.15) is 5.75 Å². The topological polar surface area (TPSA) is 112 Å². The van der Waals surface area contributed by atoms with Crippen molar-refractivity contribution in [3.8, 4) is 5.75 Å². The molecule has 0 bridgehead atoms. The number of carbonyl (C=O) groups excluding carboxylic acids is 3. The van der Waals surface area contributed by atoms with Crippen molar-refractivity contribution in [2.24, 2.45) is 0 Å². The van der Waals surface area contributed by atoms with Crippen LogP contribution < -0.4 is 15.4 Å². The molecule has 2 aliphatic heterocycles. The SMILES string of the molecule is CCCC=CC(=N)c1cccc(C(=O)N2CCC3(CC2)NC(=O)c2cc(NC(C)=O)ccc2O3)c1. The number of ether oxygens (including phenoxy) is 1. The zero-order chi connectivity index (χ0) is 25.0. The molecule has 0 atom stereocenters. The maximum atomic E-state index is 13.2. The molecule has 2 heterocycles. The molecule has 0 unspecified atom stereocenters. The fourth-order valence-electron chi connectivity index (χ4n) is 4.35. The van der Waals surface area contributed by atoms with Gasteiger partial charge in [0.2, 0.25) is 5.91 Å². The number of carbonyl (C=O) groups is 3. The number of hydrogen-bond acceptors (Lipinski definition) is 5. The lowest BCUT2D eigenvalue weighted by Gasteiger charge is -2.44. The van der Waals surface area contributed by atoms with Crippen LogP contribution in [-0.4, -0.2) is 47.1 Å². The molecule has 1 saturated heterocycles. The van der Waals surface area contributed by atoms with Gasteiger partial charge >= 0.3 is 0 Å². The minimum Gasteiger partial charge on any atom is -0.467 e. The predicted octanol–water partition coefficient (Wildman–Crippen LogP) is 4.12. The van der Waals surface area contributed by atoms with Gasteiger partial charge in [0.05, 0.1) is 11.3 Å². The highest BCUT2D eigenvalue weighted by atomic mass is 16.5. The summed E-state index contributed by atoms with van der Waals surface area (Å²) in [6.07, 6.45) is 6.58. The molecule has 182 valence electrons. The molecule has 3 N–H and O–H groups in total. The quantitative estimate of drug-likeness (QED) is 0.547. The van der Waals surface area contributed by atoms with Crippen molar-refractivity contribution in [1.29, 1.82) is 5.41 Å².